The number of rotatable bonds is 8. The van der Waals surface area contributed by atoms with Crippen molar-refractivity contribution < 1.29 is 14.5 Å². The third kappa shape index (κ3) is 11.9. The van der Waals surface area contributed by atoms with E-state index < -0.39 is 9.84 Å². The summed E-state index contributed by atoms with van der Waals surface area (Å²) in [5.74, 6) is 0.872. The zero-order chi connectivity index (χ0) is 41.5. The highest BCUT2D eigenvalue weighted by Gasteiger charge is 2.25. The first kappa shape index (κ1) is 50.3. The Hall–Kier alpha value is -5.84. The normalized spacial score (nSPS) is 11.0. The number of imidazole rings is 2. The van der Waals surface area contributed by atoms with E-state index in [9.17, 15) is 8.42 Å². The fourth-order valence-electron chi connectivity index (χ4n) is 6.29. The predicted octanol–water partition coefficient (Wildman–Crippen LogP) is 12.1. The zero-order valence-corrected chi connectivity index (χ0v) is 36.1. The van der Waals surface area contributed by atoms with Crippen molar-refractivity contribution in [2.24, 2.45) is 19.8 Å². The van der Waals surface area contributed by atoms with Gasteiger partial charge in [0.25, 0.3) is 0 Å². The Bertz CT molecular complexity index is 2530. The molecule has 0 aliphatic carbocycles. The summed E-state index contributed by atoms with van der Waals surface area (Å²) in [6, 6.07) is 41.5. The second-order valence-corrected chi connectivity index (χ2v) is 17.5. The van der Waals surface area contributed by atoms with Crippen molar-refractivity contribution in [3.63, 3.8) is 0 Å². The van der Waals surface area contributed by atoms with E-state index in [0.29, 0.717) is 0 Å². The van der Waals surface area contributed by atoms with Crippen molar-refractivity contribution in [3.8, 4) is 22.5 Å². The summed E-state index contributed by atoms with van der Waals surface area (Å²) in [5, 5.41) is 3.62. The van der Waals surface area contributed by atoms with E-state index in [2.05, 4.69) is 97.1 Å². The number of aromatic nitrogens is 4. The van der Waals surface area contributed by atoms with Gasteiger partial charge in [-0.05, 0) is 113 Å². The first-order valence-electron chi connectivity index (χ1n) is 19.1. The molecule has 0 saturated heterocycles. The Morgan fingerprint density at radius 2 is 1.00 bits per heavy atom. The summed E-state index contributed by atoms with van der Waals surface area (Å²) in [6.45, 7) is 16.7. The van der Waals surface area contributed by atoms with Gasteiger partial charge in [-0.1, -0.05) is 118 Å². The van der Waals surface area contributed by atoms with Crippen molar-refractivity contribution in [2.75, 3.05) is 5.32 Å². The third-order valence-corrected chi connectivity index (χ3v) is 12.0. The second-order valence-electron chi connectivity index (χ2n) is 15.6. The van der Waals surface area contributed by atoms with Gasteiger partial charge < -0.3 is 20.2 Å². The van der Waals surface area contributed by atoms with E-state index in [0.717, 1.165) is 28.5 Å². The lowest BCUT2D eigenvalue weighted by Crippen LogP contribution is -2.29. The summed E-state index contributed by atoms with van der Waals surface area (Å²) in [5.41, 5.74) is 16.9. The van der Waals surface area contributed by atoms with Gasteiger partial charge in [0.05, 0.1) is 34.2 Å². The van der Waals surface area contributed by atoms with E-state index in [-0.39, 0.29) is 42.1 Å². The molecule has 2 aromatic heterocycles. The molecule has 0 aliphatic rings. The van der Waals surface area contributed by atoms with E-state index in [1.54, 1.807) is 48.1 Å². The summed E-state index contributed by atoms with van der Waals surface area (Å²) < 4.78 is 29.2. The molecule has 60 heavy (non-hydrogen) atoms. The fourth-order valence-corrected chi connectivity index (χ4v) is 7.66. The maximum atomic E-state index is 12.7. The molecular formula is C50H67FN6O2S. The van der Waals surface area contributed by atoms with E-state index in [1.165, 1.54) is 33.4 Å². The molecule has 0 bridgehead atoms. The van der Waals surface area contributed by atoms with E-state index >= 15 is 0 Å². The zero-order valence-electron chi connectivity index (χ0n) is 35.3. The van der Waals surface area contributed by atoms with Gasteiger partial charge in [0.2, 0.25) is 20.9 Å². The molecule has 7 aromatic rings. The van der Waals surface area contributed by atoms with Crippen LogP contribution in [0.25, 0.3) is 22.5 Å². The minimum Gasteiger partial charge on any atom is -0.347 e. The number of aryl methyl sites for hydroxylation is 4. The third-order valence-electron chi connectivity index (χ3n) is 10.3. The van der Waals surface area contributed by atoms with Crippen LogP contribution in [0.2, 0.25) is 0 Å². The fraction of sp³-hybridized carbons (Fsp3) is 0.280. The number of nitrogens with two attached hydrogens (primary N) is 1. The van der Waals surface area contributed by atoms with Crippen LogP contribution in [0.1, 0.15) is 77.4 Å². The lowest BCUT2D eigenvalue weighted by Gasteiger charge is -2.27. The molecule has 322 valence electrons. The predicted molar refractivity (Wildman–Crippen MR) is 253 cm³/mol. The number of halogens is 1. The number of hydrogen-bond acceptors (Lipinski definition) is 6. The first-order valence-corrected chi connectivity index (χ1v) is 20.6. The van der Waals surface area contributed by atoms with Gasteiger partial charge in [-0.2, -0.15) is 0 Å². The van der Waals surface area contributed by atoms with Crippen LogP contribution in [0.4, 0.5) is 10.7 Å². The molecule has 0 saturated carbocycles. The van der Waals surface area contributed by atoms with Crippen molar-refractivity contribution in [1.29, 1.82) is 0 Å². The topological polar surface area (TPSA) is 108 Å². The second kappa shape index (κ2) is 20.9. The molecule has 10 heteroatoms. The number of nitrogens with one attached hydrogen (secondary N) is 1. The van der Waals surface area contributed by atoms with E-state index in [1.807, 2.05) is 88.5 Å². The monoisotopic (exact) mass is 835 g/mol. The number of anilines is 1. The highest BCUT2D eigenvalue weighted by Crippen LogP contribution is 2.30. The van der Waals surface area contributed by atoms with Crippen molar-refractivity contribution in [2.45, 2.75) is 91.4 Å². The molecule has 3 N–H and O–H groups in total. The summed E-state index contributed by atoms with van der Waals surface area (Å²) >= 11 is 0. The molecule has 0 unspecified atom stereocenters. The van der Waals surface area contributed by atoms with Gasteiger partial charge in [-0.15, -0.1) is 0 Å². The molecule has 7 rings (SSSR count). The van der Waals surface area contributed by atoms with Crippen LogP contribution in [0.15, 0.2) is 150 Å². The van der Waals surface area contributed by atoms with Crippen LogP contribution < -0.4 is 11.1 Å². The summed E-state index contributed by atoms with van der Waals surface area (Å²) in [7, 11) is 0.163. The van der Waals surface area contributed by atoms with Crippen LogP contribution in [0.5, 0.6) is 0 Å². The Balaban J connectivity index is 0.000000475. The van der Waals surface area contributed by atoms with Crippen LogP contribution in [-0.4, -0.2) is 27.5 Å². The molecule has 2 heterocycles. The highest BCUT2D eigenvalue weighted by molar-refractivity contribution is 7.91. The van der Waals surface area contributed by atoms with Gasteiger partial charge >= 0.3 is 0 Å². The van der Waals surface area contributed by atoms with Crippen LogP contribution in [0.3, 0.4) is 0 Å². The number of hydrogen-bond donors (Lipinski definition) is 2. The molecule has 0 fully saturated rings. The lowest BCUT2D eigenvalue weighted by molar-refractivity contribution is 0.554. The largest absolute Gasteiger partial charge is 0.347 e. The number of sulfone groups is 1. The quantitative estimate of drug-likeness (QED) is 0.158. The minimum atomic E-state index is -3.62. The van der Waals surface area contributed by atoms with Gasteiger partial charge in [0.15, 0.2) is 0 Å². The van der Waals surface area contributed by atoms with Crippen molar-refractivity contribution in [3.05, 3.63) is 173 Å². The maximum absolute atomic E-state index is 12.7. The average Bonchev–Trinajstić information content (AvgIpc) is 3.76. The lowest BCUT2D eigenvalue weighted by atomic mass is 9.95. The number of nitrogens with zero attached hydrogens (tertiary/aromatic N) is 4. The van der Waals surface area contributed by atoms with E-state index in [4.69, 9.17) is 5.73 Å². The molecular weight excluding hydrogens is 768 g/mol. The smallest absolute Gasteiger partial charge is 0.240 e. The van der Waals surface area contributed by atoms with Crippen molar-refractivity contribution >= 4 is 15.8 Å². The standard InChI is InChI=1S/C21H25N3.C18H18N2O2S.C9H13N.2CH4.FH.H2/c1-15-11-12-17(13-16(15)2)19-14-22-20(24(19)5)23-21(3,4)18-9-7-6-8-10-18;1-13-9-10-15(11-14(13)2)17-12-19-18(20(17)3)23(21,22)16-7-5-4-6-8-16;1-9(2,10)8-6-4-3-5-7-8;;;;/h6-14H,1-5H3,(H,22,23);4-12H,1-3H3;3-7H,10H2,1-2H3;2*1H4;2*1H. The van der Waals surface area contributed by atoms with Gasteiger partial charge in [0.1, 0.15) is 0 Å². The molecule has 0 amide bonds. The summed E-state index contributed by atoms with van der Waals surface area (Å²) in [6.07, 6.45) is 3.55. The van der Waals surface area contributed by atoms with Gasteiger partial charge in [-0.3, -0.25) is 4.70 Å². The molecule has 8 nitrogen and oxygen atoms in total. The molecule has 0 aliphatic heterocycles. The first-order chi connectivity index (χ1) is 26.9. The van der Waals surface area contributed by atoms with Gasteiger partial charge in [-0.25, -0.2) is 18.4 Å². The summed E-state index contributed by atoms with van der Waals surface area (Å²) in [4.78, 5) is 9.02. The Kier molecular flexibility index (Phi) is 17.5. The van der Waals surface area contributed by atoms with Crippen LogP contribution in [-0.2, 0) is 35.0 Å². The Morgan fingerprint density at radius 3 is 1.43 bits per heavy atom. The average molecular weight is 835 g/mol. The Morgan fingerprint density at radius 1 is 0.583 bits per heavy atom. The van der Waals surface area contributed by atoms with Crippen molar-refractivity contribution in [1.82, 2.24) is 19.1 Å². The Labute approximate surface area is 360 Å². The SMILES string of the molecule is C.C.CC(C)(N)c1ccccc1.Cc1ccc(-c2cnc(NC(C)(C)c3ccccc3)n2C)cc1C.Cc1ccc(-c2cnc(S(=O)(=O)c3ccccc3)n2C)cc1C.F.[HH]. The maximum Gasteiger partial charge on any atom is 0.240 e. The van der Waals surface area contributed by atoms with Gasteiger partial charge in [0, 0.05) is 32.2 Å². The molecule has 0 radical (unpaired) electrons. The molecule has 0 atom stereocenters. The minimum absolute atomic E-state index is 0. The van der Waals surface area contributed by atoms with Crippen LogP contribution in [0, 0.1) is 27.7 Å². The molecule has 0 spiro atoms. The number of benzene rings is 5. The molecule has 5 aromatic carbocycles. The van der Waals surface area contributed by atoms with Crippen LogP contribution >= 0.6 is 0 Å². The highest BCUT2D eigenvalue weighted by atomic mass is 32.2.